The van der Waals surface area contributed by atoms with Gasteiger partial charge in [0.05, 0.1) is 5.56 Å². The van der Waals surface area contributed by atoms with Crippen LogP contribution in [0.15, 0.2) is 54.6 Å². The Hall–Kier alpha value is -3.62. The van der Waals surface area contributed by atoms with E-state index >= 15 is 0 Å². The van der Waals surface area contributed by atoms with E-state index in [1.165, 1.54) is 12.1 Å². The Bertz CT molecular complexity index is 1090. The average Bonchev–Trinajstić information content (AvgIpc) is 3.05. The molecule has 2 aromatic carbocycles. The van der Waals surface area contributed by atoms with Gasteiger partial charge in [-0.3, -0.25) is 5.10 Å². The molecule has 0 atom stereocenters. The summed E-state index contributed by atoms with van der Waals surface area (Å²) in [5.74, 6) is 0.904. The Morgan fingerprint density at radius 3 is 2.30 bits per heavy atom. The summed E-state index contributed by atoms with van der Waals surface area (Å²) in [5, 5.41) is 10.6. The van der Waals surface area contributed by atoms with Gasteiger partial charge >= 0.3 is 6.18 Å². The number of nitrogens with zero attached hydrogens (tertiary/aromatic N) is 3. The number of aromatic nitrogens is 4. The van der Waals surface area contributed by atoms with Crippen molar-refractivity contribution in [1.29, 1.82) is 0 Å². The minimum Gasteiger partial charge on any atom is -0.383 e. The van der Waals surface area contributed by atoms with Crippen LogP contribution < -0.4 is 11.1 Å². The van der Waals surface area contributed by atoms with Crippen molar-refractivity contribution >= 4 is 28.4 Å². The highest BCUT2D eigenvalue weighted by atomic mass is 19.4. The van der Waals surface area contributed by atoms with Crippen molar-refractivity contribution in [2.45, 2.75) is 6.18 Å². The number of anilines is 3. The summed E-state index contributed by atoms with van der Waals surface area (Å²) < 4.78 is 38.1. The molecule has 0 amide bonds. The Morgan fingerprint density at radius 2 is 1.63 bits per heavy atom. The molecule has 2 heterocycles. The number of aromatic amines is 1. The molecule has 0 aliphatic carbocycles. The first kappa shape index (κ1) is 16.8. The second kappa shape index (κ2) is 6.27. The van der Waals surface area contributed by atoms with Gasteiger partial charge in [0.1, 0.15) is 17.0 Å². The fourth-order valence-electron chi connectivity index (χ4n) is 2.64. The molecule has 6 nitrogen and oxygen atoms in total. The molecule has 0 saturated heterocycles. The van der Waals surface area contributed by atoms with Gasteiger partial charge in [-0.1, -0.05) is 30.3 Å². The second-order valence-corrected chi connectivity index (χ2v) is 5.80. The summed E-state index contributed by atoms with van der Waals surface area (Å²) >= 11 is 0. The fraction of sp³-hybridized carbons (Fsp3) is 0.0556. The summed E-state index contributed by atoms with van der Waals surface area (Å²) in [6, 6.07) is 14.0. The van der Waals surface area contributed by atoms with Gasteiger partial charge < -0.3 is 11.1 Å². The molecule has 4 rings (SSSR count). The molecule has 0 bridgehead atoms. The normalized spacial score (nSPS) is 11.7. The van der Waals surface area contributed by atoms with Crippen molar-refractivity contribution in [3.8, 4) is 11.4 Å². The van der Waals surface area contributed by atoms with E-state index in [4.69, 9.17) is 5.73 Å². The number of rotatable bonds is 3. The van der Waals surface area contributed by atoms with E-state index in [1.807, 2.05) is 30.3 Å². The van der Waals surface area contributed by atoms with Crippen molar-refractivity contribution in [2.75, 3.05) is 11.1 Å². The van der Waals surface area contributed by atoms with Crippen LogP contribution in [0.2, 0.25) is 0 Å². The van der Waals surface area contributed by atoms with Gasteiger partial charge in [0.2, 0.25) is 0 Å². The Morgan fingerprint density at radius 1 is 0.926 bits per heavy atom. The standard InChI is InChI=1S/C18H13F3N6/c19-18(20,21)11-8-6-10(7-9-11)15-24-14(22)13-16(26-27-17(13)25-15)23-12-4-2-1-3-5-12/h1-9H,(H4,22,23,24,25,26,27). The SMILES string of the molecule is Nc1nc(-c2ccc(C(F)(F)F)cc2)nc2n[nH]c(Nc3ccccc3)c12. The molecule has 0 spiro atoms. The molecule has 0 fully saturated rings. The number of fused-ring (bicyclic) bond motifs is 1. The van der Waals surface area contributed by atoms with Crippen molar-refractivity contribution in [3.05, 3.63) is 60.2 Å². The highest BCUT2D eigenvalue weighted by molar-refractivity contribution is 5.97. The molecule has 136 valence electrons. The number of para-hydroxylation sites is 1. The van der Waals surface area contributed by atoms with Crippen LogP contribution in [-0.4, -0.2) is 20.2 Å². The lowest BCUT2D eigenvalue weighted by Gasteiger charge is -2.08. The Balaban J connectivity index is 1.71. The van der Waals surface area contributed by atoms with Crippen LogP contribution in [-0.2, 0) is 6.18 Å². The molecule has 9 heteroatoms. The first-order chi connectivity index (χ1) is 12.9. The molecular formula is C18H13F3N6. The first-order valence-electron chi connectivity index (χ1n) is 7.93. The lowest BCUT2D eigenvalue weighted by molar-refractivity contribution is -0.137. The maximum atomic E-state index is 12.7. The zero-order valence-electron chi connectivity index (χ0n) is 13.7. The van der Waals surface area contributed by atoms with Crippen molar-refractivity contribution in [1.82, 2.24) is 20.2 Å². The van der Waals surface area contributed by atoms with Gasteiger partial charge in [0.25, 0.3) is 0 Å². The molecule has 4 aromatic rings. The summed E-state index contributed by atoms with van der Waals surface area (Å²) in [7, 11) is 0. The van der Waals surface area contributed by atoms with E-state index in [9.17, 15) is 13.2 Å². The minimum absolute atomic E-state index is 0.169. The predicted octanol–water partition coefficient (Wildman–Crippen LogP) is 4.36. The molecule has 0 saturated carbocycles. The van der Waals surface area contributed by atoms with Crippen LogP contribution in [0, 0.1) is 0 Å². The van der Waals surface area contributed by atoms with E-state index < -0.39 is 11.7 Å². The maximum Gasteiger partial charge on any atom is 0.416 e. The van der Waals surface area contributed by atoms with Gasteiger partial charge in [-0.25, -0.2) is 9.97 Å². The largest absolute Gasteiger partial charge is 0.416 e. The molecular weight excluding hydrogens is 357 g/mol. The number of benzene rings is 2. The third-order valence-corrected chi connectivity index (χ3v) is 3.96. The first-order valence-corrected chi connectivity index (χ1v) is 7.93. The molecule has 0 radical (unpaired) electrons. The van der Waals surface area contributed by atoms with Crippen molar-refractivity contribution in [3.63, 3.8) is 0 Å². The maximum absolute atomic E-state index is 12.7. The number of nitrogen functional groups attached to an aromatic ring is 1. The van der Waals surface area contributed by atoms with E-state index in [0.717, 1.165) is 17.8 Å². The molecule has 0 aliphatic rings. The highest BCUT2D eigenvalue weighted by Gasteiger charge is 2.30. The number of alkyl halides is 3. The number of halogens is 3. The van der Waals surface area contributed by atoms with Gasteiger partial charge in [0, 0.05) is 11.3 Å². The van der Waals surface area contributed by atoms with Gasteiger partial charge in [-0.2, -0.15) is 18.3 Å². The van der Waals surface area contributed by atoms with Crippen LogP contribution in [0.5, 0.6) is 0 Å². The summed E-state index contributed by atoms with van der Waals surface area (Å²) in [4.78, 5) is 8.53. The lowest BCUT2D eigenvalue weighted by Crippen LogP contribution is -2.04. The fourth-order valence-corrected chi connectivity index (χ4v) is 2.64. The number of hydrogen-bond donors (Lipinski definition) is 3. The van der Waals surface area contributed by atoms with Crippen molar-refractivity contribution in [2.24, 2.45) is 0 Å². The number of nitrogens with two attached hydrogens (primary N) is 1. The van der Waals surface area contributed by atoms with Gasteiger partial charge in [-0.15, -0.1) is 0 Å². The third-order valence-electron chi connectivity index (χ3n) is 3.96. The molecule has 2 aromatic heterocycles. The van der Waals surface area contributed by atoms with E-state index in [1.54, 1.807) is 0 Å². The molecule has 0 aliphatic heterocycles. The monoisotopic (exact) mass is 370 g/mol. The quantitative estimate of drug-likeness (QED) is 0.498. The zero-order valence-corrected chi connectivity index (χ0v) is 13.7. The van der Waals surface area contributed by atoms with Crippen LogP contribution in [0.25, 0.3) is 22.4 Å². The van der Waals surface area contributed by atoms with E-state index in [-0.39, 0.29) is 11.6 Å². The topological polar surface area (TPSA) is 92.5 Å². The van der Waals surface area contributed by atoms with Gasteiger partial charge in [-0.05, 0) is 24.3 Å². The second-order valence-electron chi connectivity index (χ2n) is 5.80. The predicted molar refractivity (Wildman–Crippen MR) is 96.3 cm³/mol. The van der Waals surface area contributed by atoms with Gasteiger partial charge in [0.15, 0.2) is 11.5 Å². The van der Waals surface area contributed by atoms with E-state index in [0.29, 0.717) is 22.4 Å². The molecule has 27 heavy (non-hydrogen) atoms. The van der Waals surface area contributed by atoms with Crippen LogP contribution >= 0.6 is 0 Å². The Labute approximate surface area is 151 Å². The van der Waals surface area contributed by atoms with Crippen LogP contribution in [0.3, 0.4) is 0 Å². The average molecular weight is 370 g/mol. The number of hydrogen-bond acceptors (Lipinski definition) is 5. The number of nitrogens with one attached hydrogen (secondary N) is 2. The lowest BCUT2D eigenvalue weighted by atomic mass is 10.1. The van der Waals surface area contributed by atoms with Crippen LogP contribution in [0.1, 0.15) is 5.56 Å². The molecule has 4 N–H and O–H groups in total. The Kier molecular flexibility index (Phi) is 3.91. The summed E-state index contributed by atoms with van der Waals surface area (Å²) in [6.07, 6.45) is -4.40. The summed E-state index contributed by atoms with van der Waals surface area (Å²) in [5.41, 5.74) is 6.88. The van der Waals surface area contributed by atoms with Crippen LogP contribution in [0.4, 0.5) is 30.5 Å². The highest BCUT2D eigenvalue weighted by Crippen LogP contribution is 2.32. The number of H-pyrrole nitrogens is 1. The zero-order chi connectivity index (χ0) is 19.0. The minimum atomic E-state index is -4.40. The molecule has 0 unspecified atom stereocenters. The van der Waals surface area contributed by atoms with E-state index in [2.05, 4.69) is 25.5 Å². The summed E-state index contributed by atoms with van der Waals surface area (Å²) in [6.45, 7) is 0. The smallest absolute Gasteiger partial charge is 0.383 e. The third kappa shape index (κ3) is 3.26. The van der Waals surface area contributed by atoms with Crippen molar-refractivity contribution < 1.29 is 13.2 Å².